The van der Waals surface area contributed by atoms with Gasteiger partial charge in [0.25, 0.3) is 0 Å². The monoisotopic (exact) mass is 245 g/mol. The van der Waals surface area contributed by atoms with Crippen LogP contribution in [0.4, 0.5) is 0 Å². The molecule has 0 saturated carbocycles. The number of ether oxygens (including phenoxy) is 2. The Labute approximate surface area is 103 Å². The van der Waals surface area contributed by atoms with Gasteiger partial charge in [-0.3, -0.25) is 9.59 Å². The second kappa shape index (κ2) is 7.27. The first-order valence-corrected chi connectivity index (χ1v) is 5.68. The van der Waals surface area contributed by atoms with Crippen LogP contribution in [-0.2, 0) is 19.1 Å². The second-order valence-electron chi connectivity index (χ2n) is 4.64. The minimum Gasteiger partial charge on any atom is -0.469 e. The number of methoxy groups -OCH3 is 2. The van der Waals surface area contributed by atoms with Crippen LogP contribution in [0.1, 0.15) is 33.1 Å². The fourth-order valence-electron chi connectivity index (χ4n) is 1.26. The standard InChI is InChI=1S/C12H23NO4/c1-12(2,17-5)9-10(14)13(3)8-6-7-11(15)16-4/h6-9H2,1-5H3. The molecule has 0 radical (unpaired) electrons. The molecule has 0 spiro atoms. The summed E-state index contributed by atoms with van der Waals surface area (Å²) in [6.07, 6.45) is 1.28. The van der Waals surface area contributed by atoms with Crippen molar-refractivity contribution in [3.8, 4) is 0 Å². The summed E-state index contributed by atoms with van der Waals surface area (Å²) in [6, 6.07) is 0. The van der Waals surface area contributed by atoms with E-state index in [1.54, 1.807) is 19.1 Å². The van der Waals surface area contributed by atoms with Gasteiger partial charge in [0.1, 0.15) is 0 Å². The normalized spacial score (nSPS) is 11.1. The lowest BCUT2D eigenvalue weighted by molar-refractivity contribution is -0.141. The molecule has 0 aromatic carbocycles. The van der Waals surface area contributed by atoms with Gasteiger partial charge in [-0.1, -0.05) is 0 Å². The SMILES string of the molecule is COC(=O)CCCN(C)C(=O)CC(C)(C)OC. The van der Waals surface area contributed by atoms with Crippen molar-refractivity contribution in [2.75, 3.05) is 27.8 Å². The van der Waals surface area contributed by atoms with Crippen molar-refractivity contribution in [2.24, 2.45) is 0 Å². The maximum absolute atomic E-state index is 11.8. The molecular weight excluding hydrogens is 222 g/mol. The van der Waals surface area contributed by atoms with E-state index in [1.165, 1.54) is 7.11 Å². The highest BCUT2D eigenvalue weighted by Gasteiger charge is 2.23. The number of hydrogen-bond acceptors (Lipinski definition) is 4. The number of hydrogen-bond donors (Lipinski definition) is 0. The summed E-state index contributed by atoms with van der Waals surface area (Å²) in [5.74, 6) is -0.232. The molecule has 1 amide bonds. The lowest BCUT2D eigenvalue weighted by Crippen LogP contribution is -2.35. The summed E-state index contributed by atoms with van der Waals surface area (Å²) in [7, 11) is 4.67. The molecule has 5 nitrogen and oxygen atoms in total. The van der Waals surface area contributed by atoms with Crippen LogP contribution in [0.2, 0.25) is 0 Å². The summed E-state index contributed by atoms with van der Waals surface area (Å²) in [5, 5.41) is 0. The molecule has 0 rings (SSSR count). The van der Waals surface area contributed by atoms with Crippen molar-refractivity contribution in [2.45, 2.75) is 38.7 Å². The summed E-state index contributed by atoms with van der Waals surface area (Å²) in [6.45, 7) is 4.29. The van der Waals surface area contributed by atoms with Gasteiger partial charge in [0.15, 0.2) is 0 Å². The van der Waals surface area contributed by atoms with E-state index in [0.29, 0.717) is 25.8 Å². The smallest absolute Gasteiger partial charge is 0.305 e. The molecule has 17 heavy (non-hydrogen) atoms. The van der Waals surface area contributed by atoms with Crippen LogP contribution < -0.4 is 0 Å². The van der Waals surface area contributed by atoms with Crippen LogP contribution in [0.25, 0.3) is 0 Å². The van der Waals surface area contributed by atoms with E-state index in [-0.39, 0.29) is 11.9 Å². The van der Waals surface area contributed by atoms with E-state index >= 15 is 0 Å². The fraction of sp³-hybridized carbons (Fsp3) is 0.833. The van der Waals surface area contributed by atoms with Gasteiger partial charge in [0.05, 0.1) is 19.1 Å². The third-order valence-corrected chi connectivity index (χ3v) is 2.66. The molecule has 0 fully saturated rings. The van der Waals surface area contributed by atoms with Gasteiger partial charge in [-0.15, -0.1) is 0 Å². The molecule has 0 heterocycles. The molecule has 100 valence electrons. The van der Waals surface area contributed by atoms with Crippen LogP contribution in [0.3, 0.4) is 0 Å². The van der Waals surface area contributed by atoms with Crippen molar-refractivity contribution >= 4 is 11.9 Å². The molecule has 0 aliphatic heterocycles. The topological polar surface area (TPSA) is 55.8 Å². The largest absolute Gasteiger partial charge is 0.469 e. The minimum absolute atomic E-state index is 0.0155. The summed E-state index contributed by atoms with van der Waals surface area (Å²) < 4.78 is 9.73. The zero-order valence-corrected chi connectivity index (χ0v) is 11.4. The van der Waals surface area contributed by atoms with E-state index in [9.17, 15) is 9.59 Å². The van der Waals surface area contributed by atoms with Crippen LogP contribution in [0.5, 0.6) is 0 Å². The Bertz CT molecular complexity index is 263. The summed E-state index contributed by atoms with van der Waals surface area (Å²) in [4.78, 5) is 24.3. The van der Waals surface area contributed by atoms with Gasteiger partial charge in [0, 0.05) is 27.1 Å². The average Bonchev–Trinajstić information content (AvgIpc) is 2.28. The minimum atomic E-state index is -0.451. The van der Waals surface area contributed by atoms with E-state index < -0.39 is 5.60 Å². The molecule has 0 aliphatic carbocycles. The van der Waals surface area contributed by atoms with E-state index in [4.69, 9.17) is 4.74 Å². The molecule has 0 N–H and O–H groups in total. The zero-order valence-electron chi connectivity index (χ0n) is 11.4. The predicted molar refractivity (Wildman–Crippen MR) is 64.6 cm³/mol. The van der Waals surface area contributed by atoms with Crippen LogP contribution in [-0.4, -0.2) is 50.2 Å². The fourth-order valence-corrected chi connectivity index (χ4v) is 1.26. The van der Waals surface area contributed by atoms with Crippen molar-refractivity contribution in [1.82, 2.24) is 4.90 Å². The predicted octanol–water partition coefficient (Wildman–Crippen LogP) is 1.21. The van der Waals surface area contributed by atoms with E-state index in [0.717, 1.165) is 0 Å². The molecule has 0 unspecified atom stereocenters. The Hall–Kier alpha value is -1.10. The van der Waals surface area contributed by atoms with Crippen molar-refractivity contribution in [3.63, 3.8) is 0 Å². The highest BCUT2D eigenvalue weighted by molar-refractivity contribution is 5.77. The lowest BCUT2D eigenvalue weighted by Gasteiger charge is -2.25. The number of carbonyl (C=O) groups excluding carboxylic acids is 2. The molecule has 0 atom stereocenters. The highest BCUT2D eigenvalue weighted by atomic mass is 16.5. The maximum Gasteiger partial charge on any atom is 0.305 e. The van der Waals surface area contributed by atoms with Gasteiger partial charge in [-0.25, -0.2) is 0 Å². The first-order valence-electron chi connectivity index (χ1n) is 5.68. The average molecular weight is 245 g/mol. The summed E-state index contributed by atoms with van der Waals surface area (Å²) >= 11 is 0. The Balaban J connectivity index is 3.94. The first-order chi connectivity index (χ1) is 7.82. The van der Waals surface area contributed by atoms with Crippen LogP contribution in [0, 0.1) is 0 Å². The van der Waals surface area contributed by atoms with Gasteiger partial charge < -0.3 is 14.4 Å². The number of nitrogens with zero attached hydrogens (tertiary/aromatic N) is 1. The van der Waals surface area contributed by atoms with E-state index in [1.807, 2.05) is 13.8 Å². The van der Waals surface area contributed by atoms with Crippen molar-refractivity contribution in [3.05, 3.63) is 0 Å². The molecule has 0 saturated heterocycles. The number of amides is 1. The Morgan fingerprint density at radius 2 is 1.82 bits per heavy atom. The molecule has 0 bridgehead atoms. The van der Waals surface area contributed by atoms with Gasteiger partial charge in [-0.05, 0) is 20.3 Å². The number of carbonyl (C=O) groups is 2. The summed E-state index contributed by atoms with van der Waals surface area (Å²) in [5.41, 5.74) is -0.451. The van der Waals surface area contributed by atoms with E-state index in [2.05, 4.69) is 4.74 Å². The van der Waals surface area contributed by atoms with Gasteiger partial charge >= 0.3 is 5.97 Å². The van der Waals surface area contributed by atoms with Gasteiger partial charge in [0.2, 0.25) is 5.91 Å². The Morgan fingerprint density at radius 3 is 2.29 bits per heavy atom. The zero-order chi connectivity index (χ0) is 13.5. The van der Waals surface area contributed by atoms with Crippen molar-refractivity contribution < 1.29 is 19.1 Å². The first kappa shape index (κ1) is 15.9. The second-order valence-corrected chi connectivity index (χ2v) is 4.64. The van der Waals surface area contributed by atoms with Crippen molar-refractivity contribution in [1.29, 1.82) is 0 Å². The Kier molecular flexibility index (Phi) is 6.80. The number of esters is 1. The molecule has 0 aliphatic rings. The third kappa shape index (κ3) is 6.94. The molecule has 0 aromatic heterocycles. The third-order valence-electron chi connectivity index (χ3n) is 2.66. The Morgan fingerprint density at radius 1 is 1.24 bits per heavy atom. The molecule has 0 aromatic rings. The van der Waals surface area contributed by atoms with Crippen LogP contribution in [0.15, 0.2) is 0 Å². The lowest BCUT2D eigenvalue weighted by atomic mass is 10.0. The van der Waals surface area contributed by atoms with Crippen LogP contribution >= 0.6 is 0 Å². The molecular formula is C12H23NO4. The quantitative estimate of drug-likeness (QED) is 0.633. The highest BCUT2D eigenvalue weighted by Crippen LogP contribution is 2.14. The maximum atomic E-state index is 11.8. The van der Waals surface area contributed by atoms with Gasteiger partial charge in [-0.2, -0.15) is 0 Å². The molecule has 5 heteroatoms. The number of rotatable bonds is 7.